The Morgan fingerprint density at radius 1 is 1.19 bits per heavy atom. The second-order valence-corrected chi connectivity index (χ2v) is 5.08. The molecule has 1 aliphatic heterocycles. The van der Waals surface area contributed by atoms with Gasteiger partial charge in [-0.3, -0.25) is 14.5 Å². The summed E-state index contributed by atoms with van der Waals surface area (Å²) >= 11 is 0. The third kappa shape index (κ3) is 1.98. The molecule has 0 aromatic carbocycles. The smallest absolute Gasteiger partial charge is 0.232 e. The van der Waals surface area contributed by atoms with Crippen molar-refractivity contribution in [3.05, 3.63) is 0 Å². The number of carbonyl (C=O) groups is 2. The summed E-state index contributed by atoms with van der Waals surface area (Å²) < 4.78 is 0. The average Bonchev–Trinajstić information content (AvgIpc) is 2.43. The maximum Gasteiger partial charge on any atom is 0.232 e. The van der Waals surface area contributed by atoms with Gasteiger partial charge in [0, 0.05) is 18.4 Å². The Morgan fingerprint density at radius 2 is 1.88 bits per heavy atom. The molecule has 0 aromatic rings. The van der Waals surface area contributed by atoms with E-state index in [4.69, 9.17) is 5.73 Å². The van der Waals surface area contributed by atoms with Gasteiger partial charge < -0.3 is 5.73 Å². The topological polar surface area (TPSA) is 63.4 Å². The summed E-state index contributed by atoms with van der Waals surface area (Å²) in [6, 6.07) is -0.0758. The van der Waals surface area contributed by atoms with Crippen molar-refractivity contribution in [2.75, 3.05) is 0 Å². The average molecular weight is 224 g/mol. The van der Waals surface area contributed by atoms with Gasteiger partial charge in [0.15, 0.2) is 0 Å². The van der Waals surface area contributed by atoms with Crippen LogP contribution in [-0.4, -0.2) is 28.8 Å². The fourth-order valence-electron chi connectivity index (χ4n) is 2.79. The first-order chi connectivity index (χ1) is 7.61. The van der Waals surface area contributed by atoms with Gasteiger partial charge in [-0.15, -0.1) is 0 Å². The molecule has 0 bridgehead atoms. The number of imide groups is 1. The molecule has 1 heterocycles. The van der Waals surface area contributed by atoms with Gasteiger partial charge in [-0.1, -0.05) is 26.2 Å². The van der Waals surface area contributed by atoms with Gasteiger partial charge in [-0.2, -0.15) is 0 Å². The number of hydrogen-bond acceptors (Lipinski definition) is 3. The van der Waals surface area contributed by atoms with Crippen LogP contribution in [0.4, 0.5) is 0 Å². The lowest BCUT2D eigenvalue weighted by molar-refractivity contribution is -0.142. The highest BCUT2D eigenvalue weighted by Gasteiger charge is 2.41. The Hall–Kier alpha value is -0.900. The molecule has 2 N–H and O–H groups in total. The fraction of sp³-hybridized carbons (Fsp3) is 0.833. The zero-order valence-corrected chi connectivity index (χ0v) is 9.82. The van der Waals surface area contributed by atoms with Gasteiger partial charge in [0.1, 0.15) is 0 Å². The molecule has 1 saturated carbocycles. The van der Waals surface area contributed by atoms with Crippen LogP contribution in [0, 0.1) is 5.92 Å². The first-order valence-corrected chi connectivity index (χ1v) is 6.22. The van der Waals surface area contributed by atoms with Crippen LogP contribution in [0.3, 0.4) is 0 Å². The maximum absolute atomic E-state index is 11.9. The first-order valence-electron chi connectivity index (χ1n) is 6.22. The molecule has 4 nitrogen and oxygen atoms in total. The van der Waals surface area contributed by atoms with E-state index in [9.17, 15) is 9.59 Å². The van der Waals surface area contributed by atoms with E-state index in [1.807, 2.05) is 6.92 Å². The second kappa shape index (κ2) is 4.53. The summed E-state index contributed by atoms with van der Waals surface area (Å²) in [5.41, 5.74) is 6.08. The molecule has 0 spiro atoms. The Labute approximate surface area is 96.2 Å². The van der Waals surface area contributed by atoms with Crippen LogP contribution in [0.1, 0.15) is 45.4 Å². The maximum atomic E-state index is 11.9. The van der Waals surface area contributed by atoms with Crippen molar-refractivity contribution < 1.29 is 9.59 Å². The van der Waals surface area contributed by atoms with Gasteiger partial charge in [-0.05, 0) is 12.8 Å². The molecule has 2 aliphatic rings. The Bertz CT molecular complexity index is 303. The lowest BCUT2D eigenvalue weighted by Crippen LogP contribution is -2.50. The van der Waals surface area contributed by atoms with Crippen molar-refractivity contribution >= 4 is 11.8 Å². The van der Waals surface area contributed by atoms with E-state index in [2.05, 4.69) is 0 Å². The molecular formula is C12H20N2O2. The highest BCUT2D eigenvalue weighted by atomic mass is 16.2. The predicted molar refractivity (Wildman–Crippen MR) is 60.5 cm³/mol. The lowest BCUT2D eigenvalue weighted by atomic mass is 10.0. The number of hydrogen-bond donors (Lipinski definition) is 1. The normalized spacial score (nSPS) is 36.6. The minimum Gasteiger partial charge on any atom is -0.326 e. The molecule has 3 unspecified atom stereocenters. The lowest BCUT2D eigenvalue weighted by Gasteiger charge is -2.29. The van der Waals surface area contributed by atoms with Crippen molar-refractivity contribution in [1.82, 2.24) is 4.90 Å². The molecule has 16 heavy (non-hydrogen) atoms. The molecule has 0 radical (unpaired) electrons. The number of rotatable bonds is 1. The highest BCUT2D eigenvalue weighted by Crippen LogP contribution is 2.28. The molecule has 2 fully saturated rings. The molecule has 90 valence electrons. The second-order valence-electron chi connectivity index (χ2n) is 5.08. The van der Waals surface area contributed by atoms with Crippen LogP contribution in [0.15, 0.2) is 0 Å². The molecule has 4 heteroatoms. The summed E-state index contributed by atoms with van der Waals surface area (Å²) in [5.74, 6) is -0.199. The Balaban J connectivity index is 2.15. The van der Waals surface area contributed by atoms with Gasteiger partial charge in [0.05, 0.1) is 6.04 Å². The minimum absolute atomic E-state index is 0.0210. The van der Waals surface area contributed by atoms with Crippen molar-refractivity contribution in [3.63, 3.8) is 0 Å². The third-order valence-corrected chi connectivity index (χ3v) is 3.77. The van der Waals surface area contributed by atoms with Crippen molar-refractivity contribution in [3.8, 4) is 0 Å². The van der Waals surface area contributed by atoms with E-state index in [1.54, 1.807) is 0 Å². The predicted octanol–water partition coefficient (Wildman–Crippen LogP) is 1.04. The van der Waals surface area contributed by atoms with Crippen LogP contribution < -0.4 is 5.73 Å². The van der Waals surface area contributed by atoms with Gasteiger partial charge in [0.25, 0.3) is 0 Å². The molecule has 1 aliphatic carbocycles. The quantitative estimate of drug-likeness (QED) is 0.534. The SMILES string of the molecule is CC1CC(=O)N(C2CCCCCC2N)C1=O. The van der Waals surface area contributed by atoms with Crippen molar-refractivity contribution in [2.24, 2.45) is 11.7 Å². The zero-order chi connectivity index (χ0) is 11.7. The van der Waals surface area contributed by atoms with Crippen molar-refractivity contribution in [1.29, 1.82) is 0 Å². The van der Waals surface area contributed by atoms with E-state index in [0.29, 0.717) is 6.42 Å². The number of amides is 2. The summed E-state index contributed by atoms with van der Waals surface area (Å²) in [6.07, 6.45) is 5.52. The molecule has 1 saturated heterocycles. The number of nitrogens with zero attached hydrogens (tertiary/aromatic N) is 1. The molecular weight excluding hydrogens is 204 g/mol. The molecule has 3 atom stereocenters. The molecule has 0 aromatic heterocycles. The van der Waals surface area contributed by atoms with Crippen LogP contribution in [-0.2, 0) is 9.59 Å². The monoisotopic (exact) mass is 224 g/mol. The van der Waals surface area contributed by atoms with Crippen LogP contribution >= 0.6 is 0 Å². The van der Waals surface area contributed by atoms with E-state index in [1.165, 1.54) is 4.90 Å². The fourth-order valence-corrected chi connectivity index (χ4v) is 2.79. The highest BCUT2D eigenvalue weighted by molar-refractivity contribution is 6.03. The van der Waals surface area contributed by atoms with Crippen LogP contribution in [0.2, 0.25) is 0 Å². The Kier molecular flexibility index (Phi) is 3.28. The van der Waals surface area contributed by atoms with Gasteiger partial charge in [0.2, 0.25) is 11.8 Å². The third-order valence-electron chi connectivity index (χ3n) is 3.77. The molecule has 2 amide bonds. The van der Waals surface area contributed by atoms with E-state index < -0.39 is 0 Å². The van der Waals surface area contributed by atoms with Gasteiger partial charge in [-0.25, -0.2) is 0 Å². The first kappa shape index (κ1) is 11.6. The van der Waals surface area contributed by atoms with Crippen molar-refractivity contribution in [2.45, 2.75) is 57.5 Å². The summed E-state index contributed by atoms with van der Waals surface area (Å²) in [5, 5.41) is 0. The van der Waals surface area contributed by atoms with Crippen LogP contribution in [0.25, 0.3) is 0 Å². The Morgan fingerprint density at radius 3 is 2.50 bits per heavy atom. The minimum atomic E-state index is -0.150. The van der Waals surface area contributed by atoms with Gasteiger partial charge >= 0.3 is 0 Å². The standard InChI is InChI=1S/C12H20N2O2/c1-8-7-11(15)14(12(8)16)10-6-4-2-3-5-9(10)13/h8-10H,2-7,13H2,1H3. The zero-order valence-electron chi connectivity index (χ0n) is 9.82. The number of carbonyl (C=O) groups excluding carboxylic acids is 2. The summed E-state index contributed by atoms with van der Waals surface area (Å²) in [7, 11) is 0. The van der Waals surface area contributed by atoms with E-state index in [0.717, 1.165) is 32.1 Å². The summed E-state index contributed by atoms with van der Waals surface area (Å²) in [4.78, 5) is 25.2. The number of likely N-dealkylation sites (tertiary alicyclic amines) is 1. The van der Waals surface area contributed by atoms with Crippen LogP contribution in [0.5, 0.6) is 0 Å². The van der Waals surface area contributed by atoms with E-state index in [-0.39, 0.29) is 29.8 Å². The summed E-state index contributed by atoms with van der Waals surface area (Å²) in [6.45, 7) is 1.82. The number of nitrogens with two attached hydrogens (primary N) is 1. The largest absolute Gasteiger partial charge is 0.326 e. The molecule has 2 rings (SSSR count). The van der Waals surface area contributed by atoms with E-state index >= 15 is 0 Å².